The quantitative estimate of drug-likeness (QED) is 0.286. The molecule has 9 heteroatoms. The smallest absolute Gasteiger partial charge is 0.369 e. The average molecular weight is 464 g/mol. The summed E-state index contributed by atoms with van der Waals surface area (Å²) in [4.78, 5) is 17.1. The molecule has 5 rings (SSSR count). The van der Waals surface area contributed by atoms with Crippen LogP contribution in [-0.4, -0.2) is 23.4 Å². The molecule has 1 aromatic carbocycles. The van der Waals surface area contributed by atoms with Crippen LogP contribution in [-0.2, 0) is 22.3 Å². The highest BCUT2D eigenvalue weighted by Gasteiger charge is 2.58. The summed E-state index contributed by atoms with van der Waals surface area (Å²) in [5.41, 5.74) is 3.92. The summed E-state index contributed by atoms with van der Waals surface area (Å²) in [6.45, 7) is 3.52. The molecule has 6 nitrogen and oxygen atoms in total. The van der Waals surface area contributed by atoms with E-state index in [1.54, 1.807) is 13.8 Å². The number of carbonyl (C=O) groups is 1. The van der Waals surface area contributed by atoms with Crippen molar-refractivity contribution in [3.63, 3.8) is 0 Å². The topological polar surface area (TPSA) is 101 Å². The van der Waals surface area contributed by atoms with Crippen molar-refractivity contribution in [1.82, 2.24) is 5.32 Å². The van der Waals surface area contributed by atoms with Gasteiger partial charge in [-0.3, -0.25) is 15.1 Å². The van der Waals surface area contributed by atoms with Gasteiger partial charge in [-0.1, -0.05) is 12.1 Å². The highest BCUT2D eigenvalue weighted by molar-refractivity contribution is 5.91. The summed E-state index contributed by atoms with van der Waals surface area (Å²) in [5.74, 6) is -0.632. The third kappa shape index (κ3) is 4.58. The molecule has 0 heterocycles. The van der Waals surface area contributed by atoms with Crippen LogP contribution in [0, 0.1) is 34.6 Å². The molecule has 2 atom stereocenters. The Morgan fingerprint density at radius 2 is 1.88 bits per heavy atom. The summed E-state index contributed by atoms with van der Waals surface area (Å²) in [6.07, 6.45) is 0.476. The van der Waals surface area contributed by atoms with Gasteiger partial charge in [-0.2, -0.15) is 18.4 Å². The van der Waals surface area contributed by atoms with Gasteiger partial charge >= 0.3 is 6.18 Å². The lowest BCUT2D eigenvalue weighted by molar-refractivity contribution is -0.144. The maximum Gasteiger partial charge on any atom is 0.416 e. The zero-order valence-electron chi connectivity index (χ0n) is 19.7. The van der Waals surface area contributed by atoms with Crippen LogP contribution in [0.25, 0.3) is 0 Å². The molecule has 1 amide bonds. The van der Waals surface area contributed by atoms with E-state index in [-0.39, 0.29) is 30.4 Å². The maximum absolute atomic E-state index is 12.8. The SMILES string of the molecule is [2H]C12CC3CC(C(N)=O)(CC(C1)C3N=C(NC#N)C(C)(C)OCc1ccc(C(F)(F)F)cc1)C2. The normalized spacial score (nSPS) is 34.0. The molecule has 4 aliphatic rings. The van der Waals surface area contributed by atoms with E-state index in [4.69, 9.17) is 16.8 Å². The third-order valence-corrected chi connectivity index (χ3v) is 7.39. The molecule has 4 aliphatic carbocycles. The van der Waals surface area contributed by atoms with Crippen LogP contribution in [0.2, 0.25) is 0 Å². The van der Waals surface area contributed by atoms with Crippen molar-refractivity contribution in [3.8, 4) is 6.19 Å². The molecule has 4 fully saturated rings. The Hall–Kier alpha value is -2.60. The van der Waals surface area contributed by atoms with Gasteiger partial charge < -0.3 is 10.5 Å². The molecule has 0 aromatic heterocycles. The Labute approximate surface area is 192 Å². The second-order valence-corrected chi connectivity index (χ2v) is 10.1. The molecule has 4 saturated carbocycles. The first-order valence-corrected chi connectivity index (χ1v) is 11.1. The summed E-state index contributed by atoms with van der Waals surface area (Å²) in [5, 5.41) is 12.0. The van der Waals surface area contributed by atoms with Gasteiger partial charge in [-0.15, -0.1) is 0 Å². The predicted octanol–water partition coefficient (Wildman–Crippen LogP) is 4.15. The number of benzene rings is 1. The molecular weight excluding hydrogens is 433 g/mol. The summed E-state index contributed by atoms with van der Waals surface area (Å²) in [7, 11) is 0. The van der Waals surface area contributed by atoms with Crippen molar-refractivity contribution in [2.24, 2.45) is 33.9 Å². The molecule has 178 valence electrons. The minimum Gasteiger partial charge on any atom is -0.369 e. The van der Waals surface area contributed by atoms with Gasteiger partial charge in [0.25, 0.3) is 0 Å². The number of carbonyl (C=O) groups excluding carboxylic acids is 1. The van der Waals surface area contributed by atoms with Gasteiger partial charge in [0.1, 0.15) is 11.4 Å². The molecule has 2 unspecified atom stereocenters. The van der Waals surface area contributed by atoms with E-state index in [9.17, 15) is 23.2 Å². The van der Waals surface area contributed by atoms with E-state index >= 15 is 0 Å². The van der Waals surface area contributed by atoms with E-state index in [2.05, 4.69) is 5.32 Å². The van der Waals surface area contributed by atoms with Crippen molar-refractivity contribution < 1.29 is 24.1 Å². The number of hydrogen-bond donors (Lipinski definition) is 2. The fourth-order valence-corrected chi connectivity index (χ4v) is 5.85. The molecule has 3 N–H and O–H groups in total. The minimum atomic E-state index is -4.40. The van der Waals surface area contributed by atoms with Crippen molar-refractivity contribution in [2.45, 2.75) is 70.4 Å². The Morgan fingerprint density at radius 3 is 2.39 bits per heavy atom. The highest BCUT2D eigenvalue weighted by Crippen LogP contribution is 2.60. The lowest BCUT2D eigenvalue weighted by Gasteiger charge is -2.57. The zero-order chi connectivity index (χ0) is 24.9. The second-order valence-electron chi connectivity index (χ2n) is 10.1. The van der Waals surface area contributed by atoms with Crippen LogP contribution < -0.4 is 11.1 Å². The van der Waals surface area contributed by atoms with Crippen LogP contribution >= 0.6 is 0 Å². The van der Waals surface area contributed by atoms with Crippen molar-refractivity contribution >= 4 is 11.7 Å². The van der Waals surface area contributed by atoms with E-state index in [1.165, 1.54) is 12.1 Å². The van der Waals surface area contributed by atoms with Crippen LogP contribution in [0.15, 0.2) is 29.3 Å². The van der Waals surface area contributed by atoms with Crippen molar-refractivity contribution in [2.75, 3.05) is 0 Å². The van der Waals surface area contributed by atoms with Gasteiger partial charge in [-0.05, 0) is 81.4 Å². The first-order chi connectivity index (χ1) is 15.8. The van der Waals surface area contributed by atoms with E-state index < -0.39 is 28.6 Å². The fraction of sp³-hybridized carbons (Fsp3) is 0.625. The molecule has 0 radical (unpaired) electrons. The zero-order valence-corrected chi connectivity index (χ0v) is 18.7. The largest absolute Gasteiger partial charge is 0.416 e. The molecule has 33 heavy (non-hydrogen) atoms. The molecule has 0 spiro atoms. The minimum absolute atomic E-state index is 0.0208. The summed E-state index contributed by atoms with van der Waals surface area (Å²) in [6, 6.07) is 4.59. The van der Waals surface area contributed by atoms with E-state index in [1.807, 2.05) is 6.19 Å². The number of ether oxygens (including phenoxy) is 1. The Balaban J connectivity index is 1.52. The number of nitrogens with one attached hydrogen (secondary N) is 1. The van der Waals surface area contributed by atoms with Crippen LogP contribution in [0.3, 0.4) is 0 Å². The number of alkyl halides is 3. The van der Waals surface area contributed by atoms with Crippen molar-refractivity contribution in [1.29, 1.82) is 5.26 Å². The number of nitrogens with two attached hydrogens (primary N) is 1. The van der Waals surface area contributed by atoms with Crippen LogP contribution in [0.5, 0.6) is 0 Å². The van der Waals surface area contributed by atoms with Crippen LogP contribution in [0.1, 0.15) is 58.4 Å². The average Bonchev–Trinajstić information content (AvgIpc) is 2.72. The lowest BCUT2D eigenvalue weighted by Crippen LogP contribution is -2.58. The number of aliphatic imine (C=N–C) groups is 1. The first-order valence-electron chi connectivity index (χ1n) is 11.6. The van der Waals surface area contributed by atoms with Gasteiger partial charge in [0, 0.05) is 6.79 Å². The third-order valence-electron chi connectivity index (χ3n) is 7.39. The predicted molar refractivity (Wildman–Crippen MR) is 115 cm³/mol. The van der Waals surface area contributed by atoms with Crippen molar-refractivity contribution in [3.05, 3.63) is 35.4 Å². The van der Waals surface area contributed by atoms with Gasteiger partial charge in [0.05, 0.1) is 18.2 Å². The number of amidine groups is 1. The Kier molecular flexibility index (Phi) is 5.60. The van der Waals surface area contributed by atoms with E-state index in [0.717, 1.165) is 12.1 Å². The number of halogens is 3. The number of rotatable bonds is 6. The molecule has 4 bridgehead atoms. The standard InChI is InChI=1S/C24H29F3N4O2/c1-22(2,33-12-14-3-5-18(6-4-14)24(25,26)27)21(30-13-28)31-19-16-7-15-8-17(19)11-23(9-15,10-16)20(29)32/h3-6,15-17,19H,7-12H2,1-2H3,(H2,29,32)(H,30,31)/i15D. The number of nitrogens with zero attached hydrogens (tertiary/aromatic N) is 2. The highest BCUT2D eigenvalue weighted by atomic mass is 19.4. The summed E-state index contributed by atoms with van der Waals surface area (Å²) < 4.78 is 53.2. The van der Waals surface area contributed by atoms with Crippen LogP contribution in [0.4, 0.5) is 13.2 Å². The van der Waals surface area contributed by atoms with Gasteiger partial charge in [-0.25, -0.2) is 0 Å². The summed E-state index contributed by atoms with van der Waals surface area (Å²) >= 11 is 0. The Morgan fingerprint density at radius 1 is 1.27 bits per heavy atom. The second kappa shape index (κ2) is 8.32. The number of primary amides is 1. The number of nitriles is 1. The number of hydrogen-bond acceptors (Lipinski definition) is 4. The Bertz CT molecular complexity index is 1020. The number of amides is 1. The van der Waals surface area contributed by atoms with Gasteiger partial charge in [0.2, 0.25) is 5.91 Å². The maximum atomic E-state index is 12.8. The van der Waals surface area contributed by atoms with Gasteiger partial charge in [0.15, 0.2) is 6.19 Å². The lowest BCUT2D eigenvalue weighted by atomic mass is 9.48. The molecule has 0 aliphatic heterocycles. The first kappa shape index (κ1) is 22.2. The molecule has 1 aromatic rings. The monoisotopic (exact) mass is 463 g/mol. The molecule has 0 saturated heterocycles. The van der Waals surface area contributed by atoms with E-state index in [0.29, 0.717) is 43.5 Å². The molecular formula is C24H29F3N4O2. The fourth-order valence-electron chi connectivity index (χ4n) is 5.85.